The molecule has 0 aliphatic carbocycles. The number of carboxylic acids is 1. The number of rotatable bonds is 4. The molecule has 0 amide bonds. The van der Waals surface area contributed by atoms with Crippen molar-refractivity contribution in [2.75, 3.05) is 6.54 Å². The second-order valence-electron chi connectivity index (χ2n) is 6.01. The summed E-state index contributed by atoms with van der Waals surface area (Å²) in [6, 6.07) is 1.94. The van der Waals surface area contributed by atoms with Crippen LogP contribution in [0.3, 0.4) is 0 Å². The Morgan fingerprint density at radius 1 is 1.28 bits per heavy atom. The Kier molecular flexibility index (Phi) is 3.99. The molecule has 4 heterocycles. The first kappa shape index (κ1) is 15.5. The fourth-order valence-electron chi connectivity index (χ4n) is 3.25. The molecule has 1 aliphatic heterocycles. The summed E-state index contributed by atoms with van der Waals surface area (Å²) >= 11 is 0. The van der Waals surface area contributed by atoms with Crippen LogP contribution < -0.4 is 0 Å². The van der Waals surface area contributed by atoms with E-state index in [9.17, 15) is 9.90 Å². The van der Waals surface area contributed by atoms with Crippen molar-refractivity contribution in [3.63, 3.8) is 0 Å². The molecule has 4 rings (SSSR count). The van der Waals surface area contributed by atoms with E-state index < -0.39 is 5.97 Å². The lowest BCUT2D eigenvalue weighted by Crippen LogP contribution is -2.31. The Morgan fingerprint density at radius 2 is 2.12 bits per heavy atom. The number of carboxylic acid groups (broad SMARTS) is 1. The molecule has 0 unspecified atom stereocenters. The predicted molar refractivity (Wildman–Crippen MR) is 88.7 cm³/mol. The molecule has 3 aromatic heterocycles. The summed E-state index contributed by atoms with van der Waals surface area (Å²) < 4.78 is 5.11. The van der Waals surface area contributed by atoms with Gasteiger partial charge in [-0.05, 0) is 23.6 Å². The Balaban J connectivity index is 1.69. The van der Waals surface area contributed by atoms with Gasteiger partial charge in [0.15, 0.2) is 0 Å². The van der Waals surface area contributed by atoms with Gasteiger partial charge in [0, 0.05) is 49.4 Å². The van der Waals surface area contributed by atoms with Crippen molar-refractivity contribution < 1.29 is 14.3 Å². The van der Waals surface area contributed by atoms with E-state index in [1.165, 1.54) is 6.33 Å². The molecule has 1 aliphatic rings. The topological polar surface area (TPSA) is 92.3 Å². The zero-order valence-corrected chi connectivity index (χ0v) is 13.4. The lowest BCUT2D eigenvalue weighted by atomic mass is 9.93. The summed E-state index contributed by atoms with van der Waals surface area (Å²) in [5, 5.41) is 9.75. The van der Waals surface area contributed by atoms with Crippen LogP contribution in [0.1, 0.15) is 27.0 Å². The number of nitrogens with zero attached hydrogens (tertiary/aromatic N) is 4. The van der Waals surface area contributed by atoms with Gasteiger partial charge in [-0.3, -0.25) is 9.88 Å². The third-order valence-electron chi connectivity index (χ3n) is 4.38. The second-order valence-corrected chi connectivity index (χ2v) is 6.01. The van der Waals surface area contributed by atoms with E-state index in [1.54, 1.807) is 31.1 Å². The monoisotopic (exact) mass is 336 g/mol. The molecule has 25 heavy (non-hydrogen) atoms. The SMILES string of the molecule is O=C(O)c1c(-c2cncnc2)ncc2c1CCN(Cc1ccoc1)C2. The molecular formula is C18H16N4O3. The summed E-state index contributed by atoms with van der Waals surface area (Å²) in [5.41, 5.74) is 4.21. The molecule has 0 spiro atoms. The molecule has 0 radical (unpaired) electrons. The molecular weight excluding hydrogens is 320 g/mol. The number of fused-ring (bicyclic) bond motifs is 1. The van der Waals surface area contributed by atoms with Crippen molar-refractivity contribution in [1.29, 1.82) is 0 Å². The van der Waals surface area contributed by atoms with Crippen molar-refractivity contribution in [1.82, 2.24) is 19.9 Å². The van der Waals surface area contributed by atoms with Crippen molar-refractivity contribution in [3.8, 4) is 11.3 Å². The molecule has 0 atom stereocenters. The van der Waals surface area contributed by atoms with Gasteiger partial charge in [0.25, 0.3) is 0 Å². The van der Waals surface area contributed by atoms with Gasteiger partial charge >= 0.3 is 5.97 Å². The minimum Gasteiger partial charge on any atom is -0.478 e. The van der Waals surface area contributed by atoms with Gasteiger partial charge in [0.1, 0.15) is 6.33 Å². The third kappa shape index (κ3) is 3.01. The van der Waals surface area contributed by atoms with Gasteiger partial charge in [0.2, 0.25) is 0 Å². The van der Waals surface area contributed by atoms with Gasteiger partial charge in [-0.1, -0.05) is 0 Å². The lowest BCUT2D eigenvalue weighted by Gasteiger charge is -2.29. The molecule has 7 nitrogen and oxygen atoms in total. The minimum absolute atomic E-state index is 0.260. The molecule has 3 aromatic rings. The highest BCUT2D eigenvalue weighted by molar-refractivity contribution is 5.96. The van der Waals surface area contributed by atoms with Gasteiger partial charge in [-0.2, -0.15) is 0 Å². The molecule has 7 heteroatoms. The highest BCUT2D eigenvalue weighted by atomic mass is 16.4. The van der Waals surface area contributed by atoms with Gasteiger partial charge in [-0.15, -0.1) is 0 Å². The number of hydrogen-bond donors (Lipinski definition) is 1. The molecule has 0 aromatic carbocycles. The number of hydrogen-bond acceptors (Lipinski definition) is 6. The molecule has 0 saturated carbocycles. The van der Waals surface area contributed by atoms with E-state index in [4.69, 9.17) is 4.42 Å². The zero-order valence-electron chi connectivity index (χ0n) is 13.4. The Morgan fingerprint density at radius 3 is 2.84 bits per heavy atom. The van der Waals surface area contributed by atoms with Crippen molar-refractivity contribution >= 4 is 5.97 Å². The maximum Gasteiger partial charge on any atom is 0.338 e. The quantitative estimate of drug-likeness (QED) is 0.782. The largest absolute Gasteiger partial charge is 0.478 e. The first-order valence-corrected chi connectivity index (χ1v) is 7.95. The predicted octanol–water partition coefficient (Wildman–Crippen LogP) is 2.39. The fraction of sp³-hybridized carbons (Fsp3) is 0.222. The Hall–Kier alpha value is -3.06. The summed E-state index contributed by atoms with van der Waals surface area (Å²) in [5.74, 6) is -0.966. The summed E-state index contributed by atoms with van der Waals surface area (Å²) in [6.45, 7) is 2.22. The van der Waals surface area contributed by atoms with Crippen LogP contribution in [0.4, 0.5) is 0 Å². The number of aromatic nitrogens is 3. The molecule has 0 bridgehead atoms. The lowest BCUT2D eigenvalue weighted by molar-refractivity contribution is 0.0695. The number of pyridine rings is 1. The first-order chi connectivity index (χ1) is 12.2. The number of aromatic carboxylic acids is 1. The van der Waals surface area contributed by atoms with Crippen LogP contribution in [0, 0.1) is 0 Å². The first-order valence-electron chi connectivity index (χ1n) is 7.95. The second kappa shape index (κ2) is 6.45. The van der Waals surface area contributed by atoms with Crippen LogP contribution in [0.15, 0.2) is 47.9 Å². The minimum atomic E-state index is -0.966. The van der Waals surface area contributed by atoms with Crippen molar-refractivity contribution in [2.45, 2.75) is 19.5 Å². The van der Waals surface area contributed by atoms with Gasteiger partial charge < -0.3 is 9.52 Å². The number of furan rings is 1. The van der Waals surface area contributed by atoms with E-state index in [0.717, 1.165) is 29.8 Å². The van der Waals surface area contributed by atoms with E-state index in [-0.39, 0.29) is 5.56 Å². The zero-order chi connectivity index (χ0) is 17.2. The van der Waals surface area contributed by atoms with Gasteiger partial charge in [-0.25, -0.2) is 14.8 Å². The number of carbonyl (C=O) groups is 1. The maximum absolute atomic E-state index is 11.9. The highest BCUT2D eigenvalue weighted by Crippen LogP contribution is 2.29. The van der Waals surface area contributed by atoms with Crippen molar-refractivity contribution in [2.24, 2.45) is 0 Å². The van der Waals surface area contributed by atoms with E-state index in [0.29, 0.717) is 24.2 Å². The summed E-state index contributed by atoms with van der Waals surface area (Å²) in [7, 11) is 0. The summed E-state index contributed by atoms with van der Waals surface area (Å²) in [4.78, 5) is 26.5. The molecule has 0 fully saturated rings. The van der Waals surface area contributed by atoms with E-state index in [2.05, 4.69) is 19.9 Å². The van der Waals surface area contributed by atoms with Crippen LogP contribution in [-0.4, -0.2) is 37.5 Å². The van der Waals surface area contributed by atoms with E-state index >= 15 is 0 Å². The smallest absolute Gasteiger partial charge is 0.338 e. The average molecular weight is 336 g/mol. The molecule has 0 saturated heterocycles. The molecule has 126 valence electrons. The van der Waals surface area contributed by atoms with Crippen LogP contribution in [-0.2, 0) is 19.5 Å². The summed E-state index contributed by atoms with van der Waals surface area (Å²) in [6.07, 6.45) is 10.4. The highest BCUT2D eigenvalue weighted by Gasteiger charge is 2.26. The van der Waals surface area contributed by atoms with Gasteiger partial charge in [0.05, 0.1) is 23.8 Å². The Labute approximate surface area is 144 Å². The van der Waals surface area contributed by atoms with E-state index in [1.807, 2.05) is 6.07 Å². The van der Waals surface area contributed by atoms with Crippen LogP contribution in [0.2, 0.25) is 0 Å². The Bertz CT molecular complexity index is 894. The van der Waals surface area contributed by atoms with Crippen LogP contribution in [0.25, 0.3) is 11.3 Å². The van der Waals surface area contributed by atoms with Crippen LogP contribution in [0.5, 0.6) is 0 Å². The maximum atomic E-state index is 11.9. The molecule has 1 N–H and O–H groups in total. The van der Waals surface area contributed by atoms with Crippen LogP contribution >= 0.6 is 0 Å². The third-order valence-corrected chi connectivity index (χ3v) is 4.38. The fourth-order valence-corrected chi connectivity index (χ4v) is 3.25. The standard InChI is InChI=1S/C18H16N4O3/c23-18(24)16-15-1-3-22(8-12-2-4-25-10-12)9-14(15)7-21-17(16)13-5-19-11-20-6-13/h2,4-7,10-11H,1,3,8-9H2,(H,23,24). The normalized spacial score (nSPS) is 14.2. The van der Waals surface area contributed by atoms with Crippen molar-refractivity contribution in [3.05, 3.63) is 65.8 Å². The average Bonchev–Trinajstić information content (AvgIpc) is 3.14.